The number of thiophene rings is 2. The van der Waals surface area contributed by atoms with Crippen molar-refractivity contribution in [2.24, 2.45) is 5.92 Å². The number of rotatable bonds is 3. The summed E-state index contributed by atoms with van der Waals surface area (Å²) in [7, 11) is 0. The number of H-pyrrole nitrogens is 1. The minimum absolute atomic E-state index is 0.0275. The van der Waals surface area contributed by atoms with E-state index in [1.54, 1.807) is 11.3 Å². The van der Waals surface area contributed by atoms with Crippen molar-refractivity contribution in [3.63, 3.8) is 0 Å². The van der Waals surface area contributed by atoms with Crippen molar-refractivity contribution in [1.82, 2.24) is 9.97 Å². The molecular formula is C18H18N2O3S2. The third kappa shape index (κ3) is 3.02. The highest BCUT2D eigenvalue weighted by atomic mass is 32.1. The summed E-state index contributed by atoms with van der Waals surface area (Å²) in [6.45, 7) is 4.08. The molecule has 1 N–H and O–H groups in total. The predicted molar refractivity (Wildman–Crippen MR) is 99.6 cm³/mol. The number of hydrogen-bond donors (Lipinski definition) is 1. The van der Waals surface area contributed by atoms with Crippen molar-refractivity contribution in [3.05, 3.63) is 48.5 Å². The Morgan fingerprint density at radius 1 is 1.48 bits per heavy atom. The van der Waals surface area contributed by atoms with E-state index in [4.69, 9.17) is 4.74 Å². The van der Waals surface area contributed by atoms with E-state index in [1.807, 2.05) is 18.4 Å². The SMILES string of the molecule is Cc1ccsc1C(=O)OCc1nc2sc3c(c2c(=O)[nH]1)CC[C@@H](C)C3. The number of hydrogen-bond acceptors (Lipinski definition) is 6. The summed E-state index contributed by atoms with van der Waals surface area (Å²) in [4.78, 5) is 34.6. The van der Waals surface area contributed by atoms with Crippen LogP contribution >= 0.6 is 22.7 Å². The van der Waals surface area contributed by atoms with Crippen molar-refractivity contribution in [2.75, 3.05) is 0 Å². The van der Waals surface area contributed by atoms with Crippen molar-refractivity contribution < 1.29 is 9.53 Å². The summed E-state index contributed by atoms with van der Waals surface area (Å²) in [5.74, 6) is 0.662. The molecule has 130 valence electrons. The number of aromatic amines is 1. The number of fused-ring (bicyclic) bond motifs is 3. The highest BCUT2D eigenvalue weighted by Crippen LogP contribution is 2.35. The van der Waals surface area contributed by atoms with Gasteiger partial charge in [0.25, 0.3) is 5.56 Å². The van der Waals surface area contributed by atoms with Gasteiger partial charge in [0.1, 0.15) is 22.1 Å². The number of nitrogens with zero attached hydrogens (tertiary/aromatic N) is 1. The lowest BCUT2D eigenvalue weighted by Gasteiger charge is -2.17. The Balaban J connectivity index is 1.60. The first-order chi connectivity index (χ1) is 12.0. The van der Waals surface area contributed by atoms with Gasteiger partial charge in [0.05, 0.1) is 5.39 Å². The van der Waals surface area contributed by atoms with Crippen LogP contribution in [-0.2, 0) is 24.2 Å². The van der Waals surface area contributed by atoms with Crippen molar-refractivity contribution in [2.45, 2.75) is 39.7 Å². The second-order valence-electron chi connectivity index (χ2n) is 6.55. The maximum Gasteiger partial charge on any atom is 0.349 e. The summed E-state index contributed by atoms with van der Waals surface area (Å²) in [6, 6.07) is 1.88. The van der Waals surface area contributed by atoms with Crippen molar-refractivity contribution >= 4 is 38.9 Å². The average molecular weight is 374 g/mol. The molecule has 1 atom stereocenters. The minimum Gasteiger partial charge on any atom is -0.453 e. The lowest BCUT2D eigenvalue weighted by molar-refractivity contribution is 0.0467. The molecule has 0 aromatic carbocycles. The lowest BCUT2D eigenvalue weighted by atomic mass is 9.89. The molecule has 3 heterocycles. The van der Waals surface area contributed by atoms with Gasteiger partial charge in [0.15, 0.2) is 0 Å². The third-order valence-electron chi connectivity index (χ3n) is 4.60. The topological polar surface area (TPSA) is 72.0 Å². The second kappa shape index (κ2) is 6.38. The average Bonchev–Trinajstić information content (AvgIpc) is 3.15. The predicted octanol–water partition coefficient (Wildman–Crippen LogP) is 3.84. The van der Waals surface area contributed by atoms with Gasteiger partial charge in [-0.15, -0.1) is 22.7 Å². The van der Waals surface area contributed by atoms with Crippen LogP contribution in [0.3, 0.4) is 0 Å². The Morgan fingerprint density at radius 2 is 2.32 bits per heavy atom. The first kappa shape index (κ1) is 16.5. The molecule has 3 aromatic rings. The lowest BCUT2D eigenvalue weighted by Crippen LogP contribution is -2.16. The first-order valence-electron chi connectivity index (χ1n) is 8.27. The largest absolute Gasteiger partial charge is 0.453 e. The maximum atomic E-state index is 12.5. The number of carbonyl (C=O) groups excluding carboxylic acids is 1. The quantitative estimate of drug-likeness (QED) is 0.707. The highest BCUT2D eigenvalue weighted by molar-refractivity contribution is 7.18. The van der Waals surface area contributed by atoms with E-state index in [-0.39, 0.29) is 18.1 Å². The monoisotopic (exact) mass is 374 g/mol. The number of esters is 1. The smallest absolute Gasteiger partial charge is 0.349 e. The van der Waals surface area contributed by atoms with Crippen LogP contribution in [-0.4, -0.2) is 15.9 Å². The third-order valence-corrected chi connectivity index (χ3v) is 6.75. The molecule has 3 aromatic heterocycles. The zero-order chi connectivity index (χ0) is 17.6. The van der Waals surface area contributed by atoms with E-state index < -0.39 is 0 Å². The first-order valence-corrected chi connectivity index (χ1v) is 9.97. The van der Waals surface area contributed by atoms with E-state index >= 15 is 0 Å². The normalized spacial score (nSPS) is 16.8. The molecule has 7 heteroatoms. The molecule has 0 bridgehead atoms. The van der Waals surface area contributed by atoms with E-state index in [0.29, 0.717) is 16.6 Å². The summed E-state index contributed by atoms with van der Waals surface area (Å²) in [6.07, 6.45) is 3.06. The van der Waals surface area contributed by atoms with E-state index in [0.717, 1.165) is 40.6 Å². The molecule has 25 heavy (non-hydrogen) atoms. The van der Waals surface area contributed by atoms with Gasteiger partial charge in [-0.2, -0.15) is 0 Å². The zero-order valence-electron chi connectivity index (χ0n) is 14.0. The van der Waals surface area contributed by atoms with Crippen LogP contribution in [0.25, 0.3) is 10.2 Å². The van der Waals surface area contributed by atoms with Crippen molar-refractivity contribution in [1.29, 1.82) is 0 Å². The van der Waals surface area contributed by atoms with Crippen LogP contribution in [0.2, 0.25) is 0 Å². The van der Waals surface area contributed by atoms with E-state index in [2.05, 4.69) is 16.9 Å². The van der Waals surface area contributed by atoms with Crippen molar-refractivity contribution in [3.8, 4) is 0 Å². The molecule has 0 saturated carbocycles. The summed E-state index contributed by atoms with van der Waals surface area (Å²) < 4.78 is 5.32. The summed E-state index contributed by atoms with van der Waals surface area (Å²) >= 11 is 2.95. The van der Waals surface area contributed by atoms with Crippen LogP contribution < -0.4 is 5.56 Å². The second-order valence-corrected chi connectivity index (χ2v) is 8.55. The molecule has 5 nitrogen and oxygen atoms in total. The van der Waals surface area contributed by atoms with Crippen LogP contribution in [0.5, 0.6) is 0 Å². The molecule has 0 radical (unpaired) electrons. The zero-order valence-corrected chi connectivity index (χ0v) is 15.7. The molecule has 0 unspecified atom stereocenters. The Morgan fingerprint density at radius 3 is 3.08 bits per heavy atom. The van der Waals surface area contributed by atoms with E-state index in [1.165, 1.54) is 16.2 Å². The Kier molecular flexibility index (Phi) is 4.21. The van der Waals surface area contributed by atoms with Crippen LogP contribution in [0.1, 0.15) is 44.8 Å². The molecule has 0 fully saturated rings. The molecular weight excluding hydrogens is 356 g/mol. The molecule has 0 saturated heterocycles. The number of aryl methyl sites for hydroxylation is 2. The van der Waals surface area contributed by atoms with Gasteiger partial charge in [0, 0.05) is 4.88 Å². The van der Waals surface area contributed by atoms with Gasteiger partial charge < -0.3 is 9.72 Å². The molecule has 0 amide bonds. The van der Waals surface area contributed by atoms with Gasteiger partial charge in [-0.1, -0.05) is 6.92 Å². The number of aromatic nitrogens is 2. The highest BCUT2D eigenvalue weighted by Gasteiger charge is 2.23. The Labute approximate surface area is 152 Å². The fourth-order valence-corrected chi connectivity index (χ4v) is 5.46. The van der Waals surface area contributed by atoms with Gasteiger partial charge >= 0.3 is 5.97 Å². The molecule has 4 rings (SSSR count). The van der Waals surface area contributed by atoms with Crippen LogP contribution in [0, 0.1) is 12.8 Å². The number of ether oxygens (including phenoxy) is 1. The number of carbonyl (C=O) groups is 1. The summed E-state index contributed by atoms with van der Waals surface area (Å²) in [5, 5.41) is 2.58. The van der Waals surface area contributed by atoms with Gasteiger partial charge in [-0.3, -0.25) is 4.79 Å². The Bertz CT molecular complexity index is 1020. The fraction of sp³-hybridized carbons (Fsp3) is 0.389. The van der Waals surface area contributed by atoms with Gasteiger partial charge in [-0.25, -0.2) is 9.78 Å². The molecule has 0 spiro atoms. The van der Waals surface area contributed by atoms with Crippen LogP contribution in [0.4, 0.5) is 0 Å². The Hall–Kier alpha value is -1.99. The maximum absolute atomic E-state index is 12.5. The number of nitrogens with one attached hydrogen (secondary N) is 1. The minimum atomic E-state index is -0.380. The van der Waals surface area contributed by atoms with Gasteiger partial charge in [-0.05, 0) is 54.7 Å². The van der Waals surface area contributed by atoms with Gasteiger partial charge in [0.2, 0.25) is 0 Å². The van der Waals surface area contributed by atoms with E-state index in [9.17, 15) is 9.59 Å². The summed E-state index contributed by atoms with van der Waals surface area (Å²) in [5.41, 5.74) is 1.92. The molecule has 1 aliphatic carbocycles. The molecule has 1 aliphatic rings. The fourth-order valence-electron chi connectivity index (χ4n) is 3.24. The standard InChI is InChI=1S/C18H18N2O3S2/c1-9-3-4-11-12(7-9)25-17-14(11)16(21)19-13(20-17)8-23-18(22)15-10(2)5-6-24-15/h5-6,9H,3-4,7-8H2,1-2H3,(H,19,20,21)/t9-/m1/s1. The van der Waals surface area contributed by atoms with Crippen LogP contribution in [0.15, 0.2) is 16.2 Å². The molecule has 0 aliphatic heterocycles.